The van der Waals surface area contributed by atoms with Crippen molar-refractivity contribution in [3.05, 3.63) is 108 Å². The summed E-state index contributed by atoms with van der Waals surface area (Å²) in [6.07, 6.45) is 4.86. The molecular formula is C30H29N3O. The average Bonchev–Trinajstić information content (AvgIpc) is 3.24. The van der Waals surface area contributed by atoms with E-state index in [2.05, 4.69) is 36.5 Å². The number of aryl methyl sites for hydroxylation is 1. The van der Waals surface area contributed by atoms with Crippen LogP contribution < -0.4 is 5.32 Å². The number of nitrogens with one attached hydrogen (secondary N) is 1. The molecule has 0 atom stereocenters. The molecule has 1 amide bonds. The van der Waals surface area contributed by atoms with Crippen molar-refractivity contribution in [2.24, 2.45) is 0 Å². The van der Waals surface area contributed by atoms with E-state index in [1.807, 2.05) is 71.4 Å². The quantitative estimate of drug-likeness (QED) is 0.255. The zero-order valence-corrected chi connectivity index (χ0v) is 19.5. The topological polar surface area (TPSA) is 46.9 Å². The number of fused-ring (bicyclic) bond motifs is 2. The standard InChI is InChI=1S/C30H29N3O/c1-2-3-4-10-22-17-19-23(20-18-22)21-33-28-16-8-7-14-26(28)29(32-33)30(34)31-27-15-9-12-24-11-5-6-13-25(24)27/h5-9,11-20H,2-4,10,21H2,1H3,(H,31,34). The minimum absolute atomic E-state index is 0.197. The third-order valence-corrected chi connectivity index (χ3v) is 6.34. The van der Waals surface area contributed by atoms with Gasteiger partial charge < -0.3 is 5.32 Å². The number of para-hydroxylation sites is 1. The van der Waals surface area contributed by atoms with Crippen LogP contribution in [0.2, 0.25) is 0 Å². The molecule has 0 radical (unpaired) electrons. The van der Waals surface area contributed by atoms with Crippen LogP contribution in [-0.2, 0) is 13.0 Å². The van der Waals surface area contributed by atoms with Crippen LogP contribution in [0, 0.1) is 0 Å². The van der Waals surface area contributed by atoms with Crippen molar-refractivity contribution < 1.29 is 4.79 Å². The first kappa shape index (κ1) is 21.9. The Balaban J connectivity index is 1.41. The van der Waals surface area contributed by atoms with Gasteiger partial charge in [-0.05, 0) is 41.5 Å². The number of anilines is 1. The highest BCUT2D eigenvalue weighted by molar-refractivity contribution is 6.13. The Morgan fingerprint density at radius 1 is 0.794 bits per heavy atom. The van der Waals surface area contributed by atoms with Gasteiger partial charge in [0.25, 0.3) is 5.91 Å². The highest BCUT2D eigenvalue weighted by atomic mass is 16.2. The average molecular weight is 448 g/mol. The highest BCUT2D eigenvalue weighted by Gasteiger charge is 2.18. The first-order chi connectivity index (χ1) is 16.7. The zero-order chi connectivity index (χ0) is 23.3. The molecule has 5 rings (SSSR count). The molecule has 0 saturated heterocycles. The fourth-order valence-corrected chi connectivity index (χ4v) is 4.49. The number of amides is 1. The van der Waals surface area contributed by atoms with Crippen molar-refractivity contribution in [3.8, 4) is 0 Å². The van der Waals surface area contributed by atoms with Gasteiger partial charge in [-0.15, -0.1) is 0 Å². The molecule has 0 fully saturated rings. The number of benzene rings is 4. The van der Waals surface area contributed by atoms with E-state index in [0.29, 0.717) is 12.2 Å². The lowest BCUT2D eigenvalue weighted by molar-refractivity contribution is 0.102. The molecule has 1 N–H and O–H groups in total. The predicted molar refractivity (Wildman–Crippen MR) is 140 cm³/mol. The third-order valence-electron chi connectivity index (χ3n) is 6.34. The Kier molecular flexibility index (Phi) is 6.39. The predicted octanol–water partition coefficient (Wildman–Crippen LogP) is 7.22. The second-order valence-electron chi connectivity index (χ2n) is 8.78. The van der Waals surface area contributed by atoms with Gasteiger partial charge in [-0.3, -0.25) is 9.48 Å². The lowest BCUT2D eigenvalue weighted by Gasteiger charge is -2.08. The minimum Gasteiger partial charge on any atom is -0.320 e. The molecule has 4 nitrogen and oxygen atoms in total. The van der Waals surface area contributed by atoms with E-state index in [-0.39, 0.29) is 5.91 Å². The molecule has 0 unspecified atom stereocenters. The first-order valence-electron chi connectivity index (χ1n) is 12.1. The molecule has 0 aliphatic rings. The zero-order valence-electron chi connectivity index (χ0n) is 19.5. The van der Waals surface area contributed by atoms with Crippen LogP contribution in [0.5, 0.6) is 0 Å². The highest BCUT2D eigenvalue weighted by Crippen LogP contribution is 2.25. The van der Waals surface area contributed by atoms with Crippen LogP contribution in [0.4, 0.5) is 5.69 Å². The van der Waals surface area contributed by atoms with Gasteiger partial charge in [0.05, 0.1) is 12.1 Å². The van der Waals surface area contributed by atoms with Crippen molar-refractivity contribution in [1.82, 2.24) is 9.78 Å². The molecule has 170 valence electrons. The fourth-order valence-electron chi connectivity index (χ4n) is 4.49. The van der Waals surface area contributed by atoms with Gasteiger partial charge in [-0.2, -0.15) is 5.10 Å². The molecular weight excluding hydrogens is 418 g/mol. The third kappa shape index (κ3) is 4.58. The number of hydrogen-bond acceptors (Lipinski definition) is 2. The lowest BCUT2D eigenvalue weighted by Crippen LogP contribution is -2.14. The molecule has 0 aliphatic carbocycles. The molecule has 34 heavy (non-hydrogen) atoms. The van der Waals surface area contributed by atoms with Gasteiger partial charge in [-0.1, -0.05) is 98.6 Å². The van der Waals surface area contributed by atoms with Gasteiger partial charge >= 0.3 is 0 Å². The number of nitrogens with zero attached hydrogens (tertiary/aromatic N) is 2. The second kappa shape index (κ2) is 9.92. The Bertz CT molecular complexity index is 1430. The van der Waals surface area contributed by atoms with Crippen molar-refractivity contribution in [2.45, 2.75) is 39.2 Å². The van der Waals surface area contributed by atoms with Crippen molar-refractivity contribution in [2.75, 3.05) is 5.32 Å². The van der Waals surface area contributed by atoms with Crippen molar-refractivity contribution in [1.29, 1.82) is 0 Å². The van der Waals surface area contributed by atoms with E-state index in [0.717, 1.165) is 33.8 Å². The molecule has 4 aromatic carbocycles. The van der Waals surface area contributed by atoms with E-state index < -0.39 is 0 Å². The molecule has 1 aromatic heterocycles. The van der Waals surface area contributed by atoms with E-state index in [4.69, 9.17) is 5.10 Å². The maximum absolute atomic E-state index is 13.3. The normalized spacial score (nSPS) is 11.2. The van der Waals surface area contributed by atoms with Crippen LogP contribution in [0.25, 0.3) is 21.7 Å². The summed E-state index contributed by atoms with van der Waals surface area (Å²) in [5.41, 5.74) is 4.74. The van der Waals surface area contributed by atoms with Crippen LogP contribution >= 0.6 is 0 Å². The Hall–Kier alpha value is -3.92. The lowest BCUT2D eigenvalue weighted by atomic mass is 10.1. The van der Waals surface area contributed by atoms with E-state index >= 15 is 0 Å². The summed E-state index contributed by atoms with van der Waals surface area (Å²) in [7, 11) is 0. The van der Waals surface area contributed by atoms with Crippen LogP contribution in [0.1, 0.15) is 47.8 Å². The summed E-state index contributed by atoms with van der Waals surface area (Å²) < 4.78 is 1.93. The van der Waals surface area contributed by atoms with E-state index in [9.17, 15) is 4.79 Å². The van der Waals surface area contributed by atoms with E-state index in [1.165, 1.54) is 30.4 Å². The number of unbranched alkanes of at least 4 members (excludes halogenated alkanes) is 2. The molecule has 4 heteroatoms. The molecule has 5 aromatic rings. The summed E-state index contributed by atoms with van der Waals surface area (Å²) in [5, 5.41) is 10.8. The largest absolute Gasteiger partial charge is 0.320 e. The van der Waals surface area contributed by atoms with Crippen LogP contribution in [-0.4, -0.2) is 15.7 Å². The summed E-state index contributed by atoms with van der Waals surface area (Å²) >= 11 is 0. The monoisotopic (exact) mass is 447 g/mol. The molecule has 0 aliphatic heterocycles. The molecule has 0 bridgehead atoms. The summed E-state index contributed by atoms with van der Waals surface area (Å²) in [6, 6.07) is 30.7. The van der Waals surface area contributed by atoms with E-state index in [1.54, 1.807) is 0 Å². The Morgan fingerprint density at radius 2 is 1.50 bits per heavy atom. The Labute approximate surface area is 200 Å². The van der Waals surface area contributed by atoms with Gasteiger partial charge in [0, 0.05) is 16.5 Å². The number of rotatable bonds is 8. The van der Waals surface area contributed by atoms with Gasteiger partial charge in [0.1, 0.15) is 0 Å². The molecule has 1 heterocycles. The van der Waals surface area contributed by atoms with Gasteiger partial charge in [0.2, 0.25) is 0 Å². The molecule has 0 saturated carbocycles. The van der Waals surface area contributed by atoms with Crippen molar-refractivity contribution in [3.63, 3.8) is 0 Å². The summed E-state index contributed by atoms with van der Waals surface area (Å²) in [6.45, 7) is 2.85. The number of hydrogen-bond donors (Lipinski definition) is 1. The van der Waals surface area contributed by atoms with Gasteiger partial charge in [0.15, 0.2) is 5.69 Å². The second-order valence-corrected chi connectivity index (χ2v) is 8.78. The summed E-state index contributed by atoms with van der Waals surface area (Å²) in [5.74, 6) is -0.197. The van der Waals surface area contributed by atoms with Crippen LogP contribution in [0.15, 0.2) is 91.0 Å². The van der Waals surface area contributed by atoms with Crippen molar-refractivity contribution >= 4 is 33.3 Å². The fraction of sp³-hybridized carbons (Fsp3) is 0.200. The smallest absolute Gasteiger partial charge is 0.276 e. The Morgan fingerprint density at radius 3 is 2.32 bits per heavy atom. The number of aromatic nitrogens is 2. The SMILES string of the molecule is CCCCCc1ccc(Cn2nc(C(=O)Nc3cccc4ccccc34)c3ccccc32)cc1. The number of carbonyl (C=O) groups excluding carboxylic acids is 1. The summed E-state index contributed by atoms with van der Waals surface area (Å²) in [4.78, 5) is 13.3. The maximum Gasteiger partial charge on any atom is 0.276 e. The van der Waals surface area contributed by atoms with Gasteiger partial charge in [-0.25, -0.2) is 0 Å². The maximum atomic E-state index is 13.3. The first-order valence-corrected chi connectivity index (χ1v) is 12.1. The number of carbonyl (C=O) groups is 1. The minimum atomic E-state index is -0.197. The molecule has 0 spiro atoms. The van der Waals surface area contributed by atoms with Crippen LogP contribution in [0.3, 0.4) is 0 Å².